The topological polar surface area (TPSA) is 52.5 Å². The normalized spacial score (nSPS) is 12.7. The fourth-order valence-electron chi connectivity index (χ4n) is 1.19. The molecule has 0 saturated heterocycles. The number of aromatic hydroxyl groups is 1. The van der Waals surface area contributed by atoms with Crippen molar-refractivity contribution in [1.29, 1.82) is 0 Å². The Hall–Kier alpha value is -0.580. The second-order valence-electron chi connectivity index (χ2n) is 3.48. The summed E-state index contributed by atoms with van der Waals surface area (Å²) in [6.45, 7) is 3.23. The van der Waals surface area contributed by atoms with E-state index < -0.39 is 0 Å². The van der Waals surface area contributed by atoms with E-state index in [0.717, 1.165) is 12.0 Å². The fraction of sp³-hybridized carbons (Fsp3) is 0.455. The molecule has 0 aliphatic carbocycles. The molecule has 1 rings (SSSR count). The lowest BCUT2D eigenvalue weighted by atomic mass is 10.2. The SMILES string of the molecule is CCC(O)CNCc1ccc(O)c(Br)c1. The molecule has 0 spiro atoms. The summed E-state index contributed by atoms with van der Waals surface area (Å²) in [6.07, 6.45) is 0.470. The van der Waals surface area contributed by atoms with Crippen LogP contribution in [0.4, 0.5) is 0 Å². The first-order chi connectivity index (χ1) is 7.13. The van der Waals surface area contributed by atoms with Gasteiger partial charge >= 0.3 is 0 Å². The van der Waals surface area contributed by atoms with Gasteiger partial charge in [-0.05, 0) is 40.0 Å². The Kier molecular flexibility index (Phi) is 5.08. The zero-order valence-corrected chi connectivity index (χ0v) is 10.3. The predicted octanol–water partition coefficient (Wildman–Crippen LogP) is 2.02. The smallest absolute Gasteiger partial charge is 0.129 e. The Balaban J connectivity index is 2.41. The number of phenolic OH excluding ortho intramolecular Hbond substituents is 1. The minimum atomic E-state index is -0.287. The Morgan fingerprint density at radius 1 is 1.47 bits per heavy atom. The summed E-state index contributed by atoms with van der Waals surface area (Å²) in [6, 6.07) is 5.36. The van der Waals surface area contributed by atoms with Crippen molar-refractivity contribution >= 4 is 15.9 Å². The molecule has 0 heterocycles. The van der Waals surface area contributed by atoms with Crippen LogP contribution in [0.3, 0.4) is 0 Å². The van der Waals surface area contributed by atoms with E-state index in [2.05, 4.69) is 21.2 Å². The largest absolute Gasteiger partial charge is 0.507 e. The molecule has 1 aromatic rings. The number of aliphatic hydroxyl groups excluding tert-OH is 1. The van der Waals surface area contributed by atoms with E-state index in [4.69, 9.17) is 0 Å². The predicted molar refractivity (Wildman–Crippen MR) is 63.8 cm³/mol. The van der Waals surface area contributed by atoms with Crippen molar-refractivity contribution in [2.45, 2.75) is 26.0 Å². The summed E-state index contributed by atoms with van der Waals surface area (Å²) < 4.78 is 0.692. The number of halogens is 1. The van der Waals surface area contributed by atoms with Gasteiger partial charge in [0, 0.05) is 13.1 Å². The monoisotopic (exact) mass is 273 g/mol. The minimum Gasteiger partial charge on any atom is -0.507 e. The number of nitrogens with one attached hydrogen (secondary N) is 1. The highest BCUT2D eigenvalue weighted by atomic mass is 79.9. The van der Waals surface area contributed by atoms with Gasteiger partial charge in [0.25, 0.3) is 0 Å². The van der Waals surface area contributed by atoms with Crippen LogP contribution in [0.2, 0.25) is 0 Å². The fourth-order valence-corrected chi connectivity index (χ4v) is 1.61. The zero-order valence-electron chi connectivity index (χ0n) is 8.70. The van der Waals surface area contributed by atoms with Crippen molar-refractivity contribution < 1.29 is 10.2 Å². The second kappa shape index (κ2) is 6.10. The van der Waals surface area contributed by atoms with Crippen LogP contribution in [0.5, 0.6) is 5.75 Å². The molecule has 0 radical (unpaired) electrons. The van der Waals surface area contributed by atoms with Crippen molar-refractivity contribution in [3.8, 4) is 5.75 Å². The first-order valence-electron chi connectivity index (χ1n) is 4.99. The van der Waals surface area contributed by atoms with Crippen LogP contribution in [0, 0.1) is 0 Å². The molecular weight excluding hydrogens is 258 g/mol. The third-order valence-electron chi connectivity index (χ3n) is 2.19. The number of benzene rings is 1. The van der Waals surface area contributed by atoms with E-state index in [-0.39, 0.29) is 11.9 Å². The maximum absolute atomic E-state index is 9.32. The third-order valence-corrected chi connectivity index (χ3v) is 2.83. The Labute approximate surface area is 98.3 Å². The van der Waals surface area contributed by atoms with E-state index in [9.17, 15) is 10.2 Å². The third kappa shape index (κ3) is 4.20. The van der Waals surface area contributed by atoms with Crippen molar-refractivity contribution in [1.82, 2.24) is 5.32 Å². The number of hydrogen-bond donors (Lipinski definition) is 3. The summed E-state index contributed by atoms with van der Waals surface area (Å²) in [5.74, 6) is 0.243. The lowest BCUT2D eigenvalue weighted by Crippen LogP contribution is -2.25. The maximum atomic E-state index is 9.32. The van der Waals surface area contributed by atoms with E-state index in [0.29, 0.717) is 17.6 Å². The first kappa shape index (κ1) is 12.5. The number of aliphatic hydroxyl groups is 1. The Morgan fingerprint density at radius 3 is 2.80 bits per heavy atom. The van der Waals surface area contributed by atoms with Gasteiger partial charge in [-0.1, -0.05) is 13.0 Å². The van der Waals surface area contributed by atoms with Gasteiger partial charge in [-0.2, -0.15) is 0 Å². The summed E-state index contributed by atoms with van der Waals surface area (Å²) in [5.41, 5.74) is 1.07. The van der Waals surface area contributed by atoms with E-state index in [1.54, 1.807) is 6.07 Å². The van der Waals surface area contributed by atoms with Crippen molar-refractivity contribution in [3.63, 3.8) is 0 Å². The highest BCUT2D eigenvalue weighted by Gasteiger charge is 2.01. The quantitative estimate of drug-likeness (QED) is 0.770. The Morgan fingerprint density at radius 2 is 2.20 bits per heavy atom. The van der Waals surface area contributed by atoms with Gasteiger partial charge in [0.15, 0.2) is 0 Å². The standard InChI is InChI=1S/C11H16BrNO2/c1-2-9(14)7-13-6-8-3-4-11(15)10(12)5-8/h3-5,9,13-15H,2,6-7H2,1H3. The molecule has 15 heavy (non-hydrogen) atoms. The molecule has 84 valence electrons. The van der Waals surface area contributed by atoms with Crippen LogP contribution in [-0.4, -0.2) is 22.9 Å². The molecule has 0 aliphatic heterocycles. The van der Waals surface area contributed by atoms with Crippen LogP contribution in [0.1, 0.15) is 18.9 Å². The van der Waals surface area contributed by atoms with E-state index in [1.165, 1.54) is 0 Å². The summed E-state index contributed by atoms with van der Waals surface area (Å²) >= 11 is 3.25. The highest BCUT2D eigenvalue weighted by Crippen LogP contribution is 2.24. The van der Waals surface area contributed by atoms with E-state index in [1.807, 2.05) is 19.1 Å². The molecular formula is C11H16BrNO2. The van der Waals surface area contributed by atoms with Crippen molar-refractivity contribution in [3.05, 3.63) is 28.2 Å². The van der Waals surface area contributed by atoms with Crippen LogP contribution >= 0.6 is 15.9 Å². The zero-order chi connectivity index (χ0) is 11.3. The minimum absolute atomic E-state index is 0.243. The molecule has 0 aliphatic rings. The molecule has 3 nitrogen and oxygen atoms in total. The lowest BCUT2D eigenvalue weighted by molar-refractivity contribution is 0.167. The van der Waals surface area contributed by atoms with Gasteiger partial charge in [-0.3, -0.25) is 0 Å². The van der Waals surface area contributed by atoms with Gasteiger partial charge in [-0.15, -0.1) is 0 Å². The molecule has 1 aromatic carbocycles. The molecule has 0 amide bonds. The molecule has 1 unspecified atom stereocenters. The molecule has 0 saturated carbocycles. The average molecular weight is 274 g/mol. The van der Waals surface area contributed by atoms with E-state index >= 15 is 0 Å². The Bertz CT molecular complexity index is 317. The molecule has 0 bridgehead atoms. The van der Waals surface area contributed by atoms with Crippen LogP contribution in [0.25, 0.3) is 0 Å². The average Bonchev–Trinajstić information content (AvgIpc) is 2.23. The van der Waals surface area contributed by atoms with Gasteiger partial charge in [0.1, 0.15) is 5.75 Å². The maximum Gasteiger partial charge on any atom is 0.129 e. The van der Waals surface area contributed by atoms with Gasteiger partial charge in [0.2, 0.25) is 0 Å². The highest BCUT2D eigenvalue weighted by molar-refractivity contribution is 9.10. The van der Waals surface area contributed by atoms with Crippen LogP contribution in [-0.2, 0) is 6.54 Å². The first-order valence-corrected chi connectivity index (χ1v) is 5.79. The van der Waals surface area contributed by atoms with Gasteiger partial charge in [0.05, 0.1) is 10.6 Å². The van der Waals surface area contributed by atoms with Gasteiger partial charge < -0.3 is 15.5 Å². The van der Waals surface area contributed by atoms with Crippen LogP contribution in [0.15, 0.2) is 22.7 Å². The molecule has 1 atom stereocenters. The number of hydrogen-bond acceptors (Lipinski definition) is 3. The molecule has 3 N–H and O–H groups in total. The van der Waals surface area contributed by atoms with Crippen molar-refractivity contribution in [2.75, 3.05) is 6.54 Å². The summed E-state index contributed by atoms with van der Waals surface area (Å²) in [5, 5.41) is 21.8. The second-order valence-corrected chi connectivity index (χ2v) is 4.33. The molecule has 0 aromatic heterocycles. The summed E-state index contributed by atoms with van der Waals surface area (Å²) in [7, 11) is 0. The number of phenols is 1. The summed E-state index contributed by atoms with van der Waals surface area (Å²) in [4.78, 5) is 0. The van der Waals surface area contributed by atoms with Gasteiger partial charge in [-0.25, -0.2) is 0 Å². The van der Waals surface area contributed by atoms with Crippen molar-refractivity contribution in [2.24, 2.45) is 0 Å². The lowest BCUT2D eigenvalue weighted by Gasteiger charge is -2.09. The van der Waals surface area contributed by atoms with Crippen LogP contribution < -0.4 is 5.32 Å². The molecule has 0 fully saturated rings. The molecule has 4 heteroatoms. The number of rotatable bonds is 5.